The van der Waals surface area contributed by atoms with Crippen LogP contribution in [0.1, 0.15) is 40.5 Å². The monoisotopic (exact) mass is 556 g/mol. The van der Waals surface area contributed by atoms with Crippen molar-refractivity contribution in [1.82, 2.24) is 10.2 Å². The number of aliphatic hydroxyl groups is 1. The molecule has 0 spiro atoms. The number of ether oxygens (including phenoxy) is 2. The lowest BCUT2D eigenvalue weighted by Crippen LogP contribution is -2.65. The lowest BCUT2D eigenvalue weighted by Gasteiger charge is -2.41. The highest BCUT2D eigenvalue weighted by Gasteiger charge is 2.48. The van der Waals surface area contributed by atoms with Crippen LogP contribution < -0.4 is 21.1 Å². The highest BCUT2D eigenvalue weighted by atomic mass is 32.2. The Bertz CT molecular complexity index is 1240. The van der Waals surface area contributed by atoms with Crippen LogP contribution in [0.5, 0.6) is 5.75 Å². The minimum atomic E-state index is -1.57. The van der Waals surface area contributed by atoms with E-state index in [1.165, 1.54) is 6.92 Å². The highest BCUT2D eigenvalue weighted by Crippen LogP contribution is 2.45. The zero-order valence-corrected chi connectivity index (χ0v) is 23.4. The molecule has 2 aliphatic heterocycles. The predicted octanol–water partition coefficient (Wildman–Crippen LogP) is 3.00. The molecular weight excluding hydrogens is 520 g/mol. The second-order valence-corrected chi connectivity index (χ2v) is 11.6. The molecule has 0 aliphatic carbocycles. The van der Waals surface area contributed by atoms with Gasteiger partial charge in [-0.1, -0.05) is 37.7 Å². The number of para-hydroxylation sites is 1. The van der Waals surface area contributed by atoms with Crippen LogP contribution in [0, 0.1) is 5.92 Å². The number of hydrogen-bond acceptors (Lipinski definition) is 9. The molecule has 1 fully saturated rings. The molecule has 0 radical (unpaired) electrons. The maximum Gasteiger partial charge on any atom is 0.268 e. The molecule has 10 nitrogen and oxygen atoms in total. The molecule has 0 saturated carbocycles. The van der Waals surface area contributed by atoms with Crippen LogP contribution in [0.4, 0.5) is 11.4 Å². The van der Waals surface area contributed by atoms with Crippen LogP contribution >= 0.6 is 11.8 Å². The van der Waals surface area contributed by atoms with E-state index >= 15 is 0 Å². The first-order valence-electron chi connectivity index (χ1n) is 13.0. The molecule has 1 unspecified atom stereocenters. The fourth-order valence-corrected chi connectivity index (χ4v) is 5.85. The quantitative estimate of drug-likeness (QED) is 0.313. The number of benzene rings is 2. The van der Waals surface area contributed by atoms with Crippen molar-refractivity contribution in [3.63, 3.8) is 0 Å². The number of imide groups is 1. The minimum Gasteiger partial charge on any atom is -0.484 e. The lowest BCUT2D eigenvalue weighted by molar-refractivity contribution is -0.161. The normalized spacial score (nSPS) is 20.2. The van der Waals surface area contributed by atoms with Crippen molar-refractivity contribution in [2.75, 3.05) is 18.5 Å². The van der Waals surface area contributed by atoms with E-state index in [9.17, 15) is 19.5 Å². The molecule has 2 aromatic carbocycles. The van der Waals surface area contributed by atoms with Crippen LogP contribution in [-0.4, -0.2) is 64.9 Å². The van der Waals surface area contributed by atoms with Gasteiger partial charge in [-0.3, -0.25) is 19.3 Å². The molecule has 5 N–H and O–H groups in total. The molecule has 2 heterocycles. The van der Waals surface area contributed by atoms with Crippen molar-refractivity contribution < 1.29 is 29.0 Å². The highest BCUT2D eigenvalue weighted by molar-refractivity contribution is 7.99. The third kappa shape index (κ3) is 6.38. The van der Waals surface area contributed by atoms with E-state index in [0.29, 0.717) is 18.8 Å². The standard InChI is InChI=1S/C28H36N4O6S/c1-16(2)14-28(4,27(36)31-20-11-12-37-26(20)35)32(25(34)17(3)29)24(33)15-38-18-9-10-23-21(13-18)30-19-7-5-6-8-22(19)39-23/h5-10,13,16-17,20,26,30,35H,11-12,14-15,29H2,1-4H3,(H,31,36)/t17-,20-,26?,28-/m0/s1. The Morgan fingerprint density at radius 2 is 1.92 bits per heavy atom. The van der Waals surface area contributed by atoms with E-state index in [2.05, 4.69) is 10.6 Å². The van der Waals surface area contributed by atoms with E-state index in [1.807, 2.05) is 44.2 Å². The Hall–Kier alpha value is -3.12. The molecule has 2 aromatic rings. The van der Waals surface area contributed by atoms with Crippen molar-refractivity contribution in [3.05, 3.63) is 42.5 Å². The first kappa shape index (κ1) is 28.9. The molecule has 39 heavy (non-hydrogen) atoms. The zero-order chi connectivity index (χ0) is 28.3. The van der Waals surface area contributed by atoms with Crippen molar-refractivity contribution in [1.29, 1.82) is 0 Å². The van der Waals surface area contributed by atoms with Crippen molar-refractivity contribution >= 4 is 40.9 Å². The summed E-state index contributed by atoms with van der Waals surface area (Å²) in [5.74, 6) is -1.56. The fourth-order valence-electron chi connectivity index (χ4n) is 4.88. The maximum absolute atomic E-state index is 13.6. The van der Waals surface area contributed by atoms with Gasteiger partial charge in [-0.15, -0.1) is 0 Å². The Morgan fingerprint density at radius 3 is 2.59 bits per heavy atom. The van der Waals surface area contributed by atoms with Gasteiger partial charge in [-0.2, -0.15) is 0 Å². The van der Waals surface area contributed by atoms with Crippen LogP contribution in [0.2, 0.25) is 0 Å². The lowest BCUT2D eigenvalue weighted by atomic mass is 9.86. The molecule has 11 heteroatoms. The Morgan fingerprint density at radius 1 is 1.21 bits per heavy atom. The smallest absolute Gasteiger partial charge is 0.268 e. The summed E-state index contributed by atoms with van der Waals surface area (Å²) >= 11 is 1.63. The zero-order valence-electron chi connectivity index (χ0n) is 22.6. The first-order chi connectivity index (χ1) is 18.5. The number of amides is 3. The number of carbonyl (C=O) groups excluding carboxylic acids is 3. The Balaban J connectivity index is 1.54. The van der Waals surface area contributed by atoms with Gasteiger partial charge < -0.3 is 30.9 Å². The summed E-state index contributed by atoms with van der Waals surface area (Å²) in [6.45, 7) is 6.62. The molecule has 1 saturated heterocycles. The van der Waals surface area contributed by atoms with Gasteiger partial charge in [0.2, 0.25) is 11.8 Å². The molecule has 2 aliphatic rings. The van der Waals surface area contributed by atoms with Crippen LogP contribution in [-0.2, 0) is 19.1 Å². The van der Waals surface area contributed by atoms with Gasteiger partial charge in [-0.05, 0) is 56.9 Å². The summed E-state index contributed by atoms with van der Waals surface area (Å²) in [6, 6.07) is 11.7. The number of nitrogens with two attached hydrogens (primary N) is 1. The molecule has 4 rings (SSSR count). The summed E-state index contributed by atoms with van der Waals surface area (Å²) in [5, 5.41) is 16.2. The Kier molecular flexibility index (Phi) is 8.85. The third-order valence-corrected chi connectivity index (χ3v) is 7.87. The summed E-state index contributed by atoms with van der Waals surface area (Å²) in [7, 11) is 0. The minimum absolute atomic E-state index is 0.0466. The van der Waals surface area contributed by atoms with Gasteiger partial charge in [-0.25, -0.2) is 0 Å². The second kappa shape index (κ2) is 12.0. The predicted molar refractivity (Wildman–Crippen MR) is 148 cm³/mol. The molecule has 210 valence electrons. The number of hydrogen-bond donors (Lipinski definition) is 4. The number of rotatable bonds is 9. The van der Waals surface area contributed by atoms with Crippen LogP contribution in [0.3, 0.4) is 0 Å². The number of carbonyl (C=O) groups is 3. The number of nitrogens with one attached hydrogen (secondary N) is 2. The molecule has 3 amide bonds. The average molecular weight is 557 g/mol. The largest absolute Gasteiger partial charge is 0.484 e. The van der Waals surface area contributed by atoms with Gasteiger partial charge in [0.05, 0.1) is 30.1 Å². The summed E-state index contributed by atoms with van der Waals surface area (Å²) < 4.78 is 11.0. The van der Waals surface area contributed by atoms with Gasteiger partial charge in [0, 0.05) is 15.9 Å². The topological polar surface area (TPSA) is 143 Å². The Labute approximate surface area is 232 Å². The molecule has 0 aromatic heterocycles. The maximum atomic E-state index is 13.6. The first-order valence-corrected chi connectivity index (χ1v) is 13.8. The number of aliphatic hydroxyl groups excluding tert-OH is 1. The van der Waals surface area contributed by atoms with Crippen molar-refractivity contribution in [2.24, 2.45) is 11.7 Å². The van der Waals surface area contributed by atoms with Crippen LogP contribution in [0.15, 0.2) is 52.3 Å². The van der Waals surface area contributed by atoms with Gasteiger partial charge in [0.1, 0.15) is 11.3 Å². The van der Waals surface area contributed by atoms with E-state index < -0.39 is 48.2 Å². The number of nitrogens with zero attached hydrogens (tertiary/aromatic N) is 1. The molecule has 4 atom stereocenters. The SMILES string of the molecule is CC(C)C[C@@](C)(C(=O)N[C@H]1CCOC1O)N(C(=O)COc1ccc2c(c1)Nc1ccccc1S2)C(=O)[C@H](C)N. The molecular formula is C28H36N4O6S. The number of fused-ring (bicyclic) bond motifs is 2. The van der Waals surface area contributed by atoms with Gasteiger partial charge >= 0.3 is 0 Å². The van der Waals surface area contributed by atoms with Crippen molar-refractivity contribution in [2.45, 2.75) is 74.2 Å². The van der Waals surface area contributed by atoms with E-state index in [-0.39, 0.29) is 12.3 Å². The van der Waals surface area contributed by atoms with E-state index in [1.54, 1.807) is 30.8 Å². The van der Waals surface area contributed by atoms with Gasteiger partial charge in [0.15, 0.2) is 12.9 Å². The van der Waals surface area contributed by atoms with Crippen LogP contribution in [0.25, 0.3) is 0 Å². The summed E-state index contributed by atoms with van der Waals surface area (Å²) in [6.07, 6.45) is -0.555. The van der Waals surface area contributed by atoms with Gasteiger partial charge in [0.25, 0.3) is 5.91 Å². The van der Waals surface area contributed by atoms with E-state index in [0.717, 1.165) is 26.1 Å². The average Bonchev–Trinajstić information content (AvgIpc) is 3.29. The molecule has 0 bridgehead atoms. The van der Waals surface area contributed by atoms with Crippen molar-refractivity contribution in [3.8, 4) is 5.75 Å². The van der Waals surface area contributed by atoms with E-state index in [4.69, 9.17) is 15.2 Å². The summed E-state index contributed by atoms with van der Waals surface area (Å²) in [5.41, 5.74) is 6.17. The third-order valence-electron chi connectivity index (χ3n) is 6.72. The fraction of sp³-hybridized carbons (Fsp3) is 0.464. The summed E-state index contributed by atoms with van der Waals surface area (Å²) in [4.78, 5) is 43.5. The second-order valence-electron chi connectivity index (χ2n) is 10.5. The number of anilines is 2.